The molecule has 8 nitrogen and oxygen atoms in total. The summed E-state index contributed by atoms with van der Waals surface area (Å²) < 4.78 is 13.2. The van der Waals surface area contributed by atoms with Crippen LogP contribution in [0.4, 0.5) is 5.69 Å². The van der Waals surface area contributed by atoms with Crippen molar-refractivity contribution >= 4 is 17.4 Å². The highest BCUT2D eigenvalue weighted by Crippen LogP contribution is 2.25. The van der Waals surface area contributed by atoms with Gasteiger partial charge in [0.15, 0.2) is 0 Å². The molecule has 0 bridgehead atoms. The Morgan fingerprint density at radius 1 is 1.17 bits per heavy atom. The molecule has 0 spiro atoms. The first-order valence-electron chi connectivity index (χ1n) is 9.45. The monoisotopic (exact) mass is 413 g/mol. The molecule has 0 amide bonds. The molecular weight excluding hydrogens is 388 g/mol. The number of nitrogens with two attached hydrogens (primary N) is 1. The summed E-state index contributed by atoms with van der Waals surface area (Å²) in [4.78, 5) is 2.09. The Hall–Kier alpha value is -2.62. The van der Waals surface area contributed by atoms with Crippen molar-refractivity contribution in [3.63, 3.8) is 0 Å². The Labute approximate surface area is 174 Å². The minimum atomic E-state index is 0.0365. The number of thioether (sulfide) groups is 1. The van der Waals surface area contributed by atoms with Gasteiger partial charge in [-0.05, 0) is 59.0 Å². The van der Waals surface area contributed by atoms with E-state index in [1.807, 2.05) is 38.4 Å². The van der Waals surface area contributed by atoms with E-state index in [0.29, 0.717) is 0 Å². The summed E-state index contributed by atoms with van der Waals surface area (Å²) in [6.45, 7) is 0.914. The Balaban J connectivity index is 1.35. The number of quaternary nitrogens is 1. The van der Waals surface area contributed by atoms with Crippen molar-refractivity contribution in [2.75, 3.05) is 38.4 Å². The second kappa shape index (κ2) is 8.81. The highest BCUT2D eigenvalue weighted by Gasteiger charge is 2.30. The third-order valence-electron chi connectivity index (χ3n) is 4.85. The van der Waals surface area contributed by atoms with Crippen molar-refractivity contribution in [3.8, 4) is 11.4 Å². The van der Waals surface area contributed by atoms with Crippen molar-refractivity contribution in [1.29, 1.82) is 0 Å². The Morgan fingerprint density at radius 2 is 1.93 bits per heavy atom. The van der Waals surface area contributed by atoms with E-state index in [-0.39, 0.29) is 12.3 Å². The summed E-state index contributed by atoms with van der Waals surface area (Å²) >= 11 is 1.60. The van der Waals surface area contributed by atoms with Crippen LogP contribution in [0.2, 0.25) is 0 Å². The molecule has 29 heavy (non-hydrogen) atoms. The Bertz CT molecular complexity index is 929. The van der Waals surface area contributed by atoms with Gasteiger partial charge in [-0.1, -0.05) is 11.8 Å². The van der Waals surface area contributed by atoms with E-state index in [2.05, 4.69) is 50.0 Å². The van der Waals surface area contributed by atoms with Gasteiger partial charge in [0.2, 0.25) is 11.4 Å². The first-order chi connectivity index (χ1) is 14.1. The average molecular weight is 414 g/mol. The minimum absolute atomic E-state index is 0.0365. The van der Waals surface area contributed by atoms with Crippen LogP contribution in [0, 0.1) is 0 Å². The van der Waals surface area contributed by atoms with E-state index < -0.39 is 0 Å². The molecule has 1 aliphatic rings. The highest BCUT2D eigenvalue weighted by atomic mass is 32.2. The number of hydrogen-bond acceptors (Lipinski definition) is 7. The van der Waals surface area contributed by atoms with Crippen LogP contribution in [0.25, 0.3) is 5.69 Å². The first-order valence-corrected chi connectivity index (χ1v) is 10.4. The molecule has 2 heterocycles. The number of methoxy groups -OCH3 is 1. The minimum Gasteiger partial charge on any atom is -0.497 e. The van der Waals surface area contributed by atoms with E-state index in [4.69, 9.17) is 9.47 Å². The zero-order valence-corrected chi connectivity index (χ0v) is 17.5. The van der Waals surface area contributed by atoms with Crippen molar-refractivity contribution < 1.29 is 14.8 Å². The zero-order valence-electron chi connectivity index (χ0n) is 16.7. The maximum absolute atomic E-state index is 6.24. The van der Waals surface area contributed by atoms with Crippen LogP contribution in [0.15, 0.2) is 53.7 Å². The van der Waals surface area contributed by atoms with Gasteiger partial charge in [0.1, 0.15) is 18.4 Å². The zero-order chi connectivity index (χ0) is 20.2. The van der Waals surface area contributed by atoms with Crippen LogP contribution in [0.3, 0.4) is 0 Å². The number of benzene rings is 2. The maximum Gasteiger partial charge on any atom is 0.217 e. The summed E-state index contributed by atoms with van der Waals surface area (Å²) in [7, 11) is 5.73. The van der Waals surface area contributed by atoms with Crippen LogP contribution >= 0.6 is 11.8 Å². The average Bonchev–Trinajstić information content (AvgIpc) is 3.42. The van der Waals surface area contributed by atoms with Gasteiger partial charge in [-0.25, -0.2) is 0 Å². The fraction of sp³-hybridized carbons (Fsp3) is 0.350. The lowest BCUT2D eigenvalue weighted by Crippen LogP contribution is -2.82. The van der Waals surface area contributed by atoms with E-state index in [1.54, 1.807) is 23.6 Å². The quantitative estimate of drug-likeness (QED) is 0.588. The van der Waals surface area contributed by atoms with Gasteiger partial charge in [-0.15, -0.1) is 5.10 Å². The largest absolute Gasteiger partial charge is 0.497 e. The van der Waals surface area contributed by atoms with E-state index in [1.165, 1.54) is 11.3 Å². The summed E-state index contributed by atoms with van der Waals surface area (Å²) in [5.74, 6) is 1.59. The fourth-order valence-electron chi connectivity index (χ4n) is 3.20. The molecule has 2 atom stereocenters. The van der Waals surface area contributed by atoms with Crippen molar-refractivity contribution in [2.24, 2.45) is 0 Å². The third-order valence-corrected chi connectivity index (χ3v) is 5.90. The lowest BCUT2D eigenvalue weighted by atomic mass is 10.2. The predicted octanol–water partition coefficient (Wildman–Crippen LogP) is 1.49. The van der Waals surface area contributed by atoms with E-state index in [0.717, 1.165) is 28.9 Å². The molecule has 0 radical (unpaired) electrons. The molecule has 0 unspecified atom stereocenters. The molecule has 9 heteroatoms. The molecule has 2 N–H and O–H groups in total. The number of nitrogens with zero attached hydrogens (tertiary/aromatic N) is 5. The van der Waals surface area contributed by atoms with Gasteiger partial charge in [0.05, 0.1) is 12.8 Å². The molecule has 3 aromatic rings. The molecule has 1 saturated heterocycles. The summed E-state index contributed by atoms with van der Waals surface area (Å²) in [6, 6.07) is 16.2. The maximum atomic E-state index is 6.24. The van der Waals surface area contributed by atoms with Crippen molar-refractivity contribution in [1.82, 2.24) is 20.2 Å². The number of hydrogen-bond donors (Lipinski definition) is 1. The van der Waals surface area contributed by atoms with Crippen LogP contribution in [0.5, 0.6) is 5.75 Å². The van der Waals surface area contributed by atoms with Crippen LogP contribution in [-0.4, -0.2) is 59.8 Å². The summed E-state index contributed by atoms with van der Waals surface area (Å²) in [5, 5.41) is 15.1. The van der Waals surface area contributed by atoms with E-state index in [9.17, 15) is 0 Å². The predicted molar refractivity (Wildman–Crippen MR) is 112 cm³/mol. The van der Waals surface area contributed by atoms with Gasteiger partial charge >= 0.3 is 0 Å². The third kappa shape index (κ3) is 4.52. The lowest BCUT2D eigenvalue weighted by Gasteiger charge is -2.14. The van der Waals surface area contributed by atoms with Gasteiger partial charge in [-0.2, -0.15) is 4.68 Å². The highest BCUT2D eigenvalue weighted by molar-refractivity contribution is 7.99. The van der Waals surface area contributed by atoms with Crippen LogP contribution < -0.4 is 15.0 Å². The van der Waals surface area contributed by atoms with Gasteiger partial charge in [-0.3, -0.25) is 0 Å². The molecule has 1 fully saturated rings. The Kier molecular flexibility index (Phi) is 5.98. The molecule has 1 aromatic heterocycles. The van der Waals surface area contributed by atoms with E-state index >= 15 is 0 Å². The summed E-state index contributed by atoms with van der Waals surface area (Å²) in [5.41, 5.74) is 3.27. The number of ether oxygens (including phenoxy) is 2. The normalized spacial score (nSPS) is 18.7. The number of tetrazole rings is 1. The van der Waals surface area contributed by atoms with Crippen molar-refractivity contribution in [3.05, 3.63) is 54.1 Å². The molecule has 152 valence electrons. The number of anilines is 1. The SMILES string of the molecule is COc1ccc(-n2nnnc2SC[C@@H]2C[NH2+][C@H](c3ccc(N(C)C)cc3)O2)cc1. The second-order valence-corrected chi connectivity index (χ2v) is 8.01. The molecule has 0 saturated carbocycles. The first kappa shape index (κ1) is 19.7. The molecule has 4 rings (SSSR count). The fourth-order valence-corrected chi connectivity index (χ4v) is 4.11. The summed E-state index contributed by atoms with van der Waals surface area (Å²) in [6.07, 6.45) is 0.175. The lowest BCUT2D eigenvalue weighted by molar-refractivity contribution is -0.697. The standard InChI is InChI=1S/C20H24N6O2S/c1-25(2)15-6-4-14(5-7-15)19-21-12-18(28-19)13-29-20-22-23-24-26(20)16-8-10-17(27-3)11-9-16/h4-11,18-19,21H,12-13H2,1-3H3/p+1/t18-,19-/m0/s1. The molecule has 0 aliphatic carbocycles. The molecule has 1 aliphatic heterocycles. The second-order valence-electron chi connectivity index (χ2n) is 7.02. The van der Waals surface area contributed by atoms with Crippen molar-refractivity contribution in [2.45, 2.75) is 17.5 Å². The van der Waals surface area contributed by atoms with Crippen LogP contribution in [-0.2, 0) is 4.74 Å². The Morgan fingerprint density at radius 3 is 2.62 bits per heavy atom. The molecular formula is C20H25N6O2S+. The van der Waals surface area contributed by atoms with Gasteiger partial charge < -0.3 is 19.7 Å². The number of aromatic nitrogens is 4. The van der Waals surface area contributed by atoms with Gasteiger partial charge in [0, 0.05) is 31.1 Å². The number of rotatable bonds is 7. The topological polar surface area (TPSA) is 81.9 Å². The van der Waals surface area contributed by atoms with Crippen LogP contribution in [0.1, 0.15) is 11.8 Å². The molecule has 2 aromatic carbocycles. The smallest absolute Gasteiger partial charge is 0.217 e. The van der Waals surface area contributed by atoms with Gasteiger partial charge in [0.25, 0.3) is 0 Å².